The fraction of sp³-hybridized carbons (Fsp3) is 0.474. The molecule has 1 amide bonds. The molecule has 2 aromatic heterocycles. The van der Waals surface area contributed by atoms with Crippen LogP contribution < -0.4 is 10.1 Å². The fourth-order valence-corrected chi connectivity index (χ4v) is 4.40. The van der Waals surface area contributed by atoms with Gasteiger partial charge >= 0.3 is 0 Å². The SMILES string of the molecule is CCC.CCC.CCC(=Nc1nc(OC)c(C(=O)NC(=NC)C(C)C/C=C/C(C)C)cc1C)C(c1ccccc1)c1ccncn1. The van der Waals surface area contributed by atoms with E-state index < -0.39 is 0 Å². The van der Waals surface area contributed by atoms with Gasteiger partial charge in [0.2, 0.25) is 5.88 Å². The first kappa shape index (κ1) is 39.8. The number of amides is 1. The average Bonchev–Trinajstić information content (AvgIpc) is 3.05. The Morgan fingerprint density at radius 1 is 1.02 bits per heavy atom. The van der Waals surface area contributed by atoms with Gasteiger partial charge in [0, 0.05) is 24.9 Å². The number of nitrogens with zero attached hydrogens (tertiary/aromatic N) is 5. The maximum absolute atomic E-state index is 13.3. The molecule has 2 unspecified atom stereocenters. The van der Waals surface area contributed by atoms with E-state index in [0.717, 1.165) is 29.0 Å². The zero-order valence-corrected chi connectivity index (χ0v) is 30.0. The van der Waals surface area contributed by atoms with Gasteiger partial charge in [-0.25, -0.2) is 15.0 Å². The van der Waals surface area contributed by atoms with E-state index in [1.807, 2.05) is 38.1 Å². The standard InChI is InChI=1S/C32H40N6O2.2C3H8/c1-8-26(28(24-15-10-9-11-16-24)27-17-18-34-20-35-27)36-30-23(5)19-25(32(38-30)40-7)31(39)37-29(33-6)22(4)14-12-13-21(2)3;2*1-3-2/h9-13,15-22,28H,8,14H2,1-7H3,(H,33,37,39);2*3H2,1-2H3/b13-12+,36-26?;;. The van der Waals surface area contributed by atoms with Crippen molar-refractivity contribution < 1.29 is 9.53 Å². The summed E-state index contributed by atoms with van der Waals surface area (Å²) in [5.74, 6) is 1.36. The minimum absolute atomic E-state index is 0.0525. The van der Waals surface area contributed by atoms with E-state index in [9.17, 15) is 4.79 Å². The number of carbonyl (C=O) groups excluding carboxylic acids is 1. The predicted molar refractivity (Wildman–Crippen MR) is 194 cm³/mol. The van der Waals surface area contributed by atoms with Gasteiger partial charge in [0.15, 0.2) is 5.82 Å². The zero-order valence-electron chi connectivity index (χ0n) is 30.0. The maximum atomic E-state index is 13.3. The lowest BCUT2D eigenvalue weighted by molar-refractivity contribution is 0.0971. The number of hydrogen-bond donors (Lipinski definition) is 1. The van der Waals surface area contributed by atoms with Crippen molar-refractivity contribution in [2.24, 2.45) is 21.8 Å². The number of rotatable bonds is 11. The third-order valence-corrected chi connectivity index (χ3v) is 6.53. The van der Waals surface area contributed by atoms with Crippen molar-refractivity contribution in [1.82, 2.24) is 20.3 Å². The molecule has 3 rings (SSSR count). The van der Waals surface area contributed by atoms with Gasteiger partial charge in [-0.1, -0.05) is 111 Å². The van der Waals surface area contributed by atoms with Crippen molar-refractivity contribution in [3.8, 4) is 5.88 Å². The van der Waals surface area contributed by atoms with Crippen LogP contribution in [0.3, 0.4) is 0 Å². The Kier molecular flexibility index (Phi) is 19.3. The Labute approximate surface area is 278 Å². The maximum Gasteiger partial charge on any atom is 0.262 e. The molecule has 0 radical (unpaired) electrons. The van der Waals surface area contributed by atoms with Crippen LogP contribution in [0.25, 0.3) is 0 Å². The summed E-state index contributed by atoms with van der Waals surface area (Å²) in [6.45, 7) is 18.8. The molecule has 250 valence electrons. The highest BCUT2D eigenvalue weighted by molar-refractivity contribution is 6.08. The largest absolute Gasteiger partial charge is 0.480 e. The first-order valence-corrected chi connectivity index (χ1v) is 16.5. The van der Waals surface area contributed by atoms with Crippen LogP contribution in [0.5, 0.6) is 5.88 Å². The molecule has 46 heavy (non-hydrogen) atoms. The smallest absolute Gasteiger partial charge is 0.262 e. The summed E-state index contributed by atoms with van der Waals surface area (Å²) < 4.78 is 5.56. The van der Waals surface area contributed by atoms with Crippen LogP contribution in [0.15, 0.2) is 77.1 Å². The van der Waals surface area contributed by atoms with Crippen molar-refractivity contribution in [2.75, 3.05) is 14.2 Å². The second-order valence-corrected chi connectivity index (χ2v) is 11.4. The zero-order chi connectivity index (χ0) is 34.5. The molecule has 2 atom stereocenters. The highest BCUT2D eigenvalue weighted by atomic mass is 16.5. The van der Waals surface area contributed by atoms with Crippen molar-refractivity contribution in [3.63, 3.8) is 0 Å². The molecule has 2 heterocycles. The van der Waals surface area contributed by atoms with Gasteiger partial charge in [0.1, 0.15) is 17.7 Å². The quantitative estimate of drug-likeness (QED) is 0.130. The second kappa shape index (κ2) is 22.3. The summed E-state index contributed by atoms with van der Waals surface area (Å²) in [6, 6.07) is 13.8. The monoisotopic (exact) mass is 628 g/mol. The van der Waals surface area contributed by atoms with Crippen LogP contribution in [0.2, 0.25) is 0 Å². The summed E-state index contributed by atoms with van der Waals surface area (Å²) >= 11 is 0. The first-order chi connectivity index (χ1) is 22.1. The van der Waals surface area contributed by atoms with Crippen molar-refractivity contribution in [1.29, 1.82) is 0 Å². The normalized spacial score (nSPS) is 12.9. The Hall–Kier alpha value is -4.20. The molecular weight excluding hydrogens is 572 g/mol. The summed E-state index contributed by atoms with van der Waals surface area (Å²) in [6.07, 6.45) is 11.5. The summed E-state index contributed by atoms with van der Waals surface area (Å²) in [5, 5.41) is 2.96. The van der Waals surface area contributed by atoms with Crippen LogP contribution in [0.4, 0.5) is 5.82 Å². The lowest BCUT2D eigenvalue weighted by Crippen LogP contribution is -2.35. The Morgan fingerprint density at radius 2 is 1.67 bits per heavy atom. The number of ether oxygens (including phenoxy) is 1. The van der Waals surface area contributed by atoms with Crippen LogP contribution >= 0.6 is 0 Å². The van der Waals surface area contributed by atoms with Crippen LogP contribution in [0.1, 0.15) is 114 Å². The van der Waals surface area contributed by atoms with E-state index in [-0.39, 0.29) is 23.6 Å². The predicted octanol–water partition coefficient (Wildman–Crippen LogP) is 9.33. The molecule has 8 nitrogen and oxygen atoms in total. The lowest BCUT2D eigenvalue weighted by atomic mass is 9.89. The van der Waals surface area contributed by atoms with Gasteiger partial charge in [0.25, 0.3) is 5.91 Å². The van der Waals surface area contributed by atoms with E-state index in [1.165, 1.54) is 20.0 Å². The average molecular weight is 629 g/mol. The second-order valence-electron chi connectivity index (χ2n) is 11.4. The summed E-state index contributed by atoms with van der Waals surface area (Å²) in [7, 11) is 3.19. The molecule has 0 saturated carbocycles. The van der Waals surface area contributed by atoms with Crippen LogP contribution in [-0.2, 0) is 0 Å². The van der Waals surface area contributed by atoms with Gasteiger partial charge in [-0.15, -0.1) is 0 Å². The third kappa shape index (κ3) is 13.0. The van der Waals surface area contributed by atoms with Crippen molar-refractivity contribution >= 4 is 23.3 Å². The number of carbonyl (C=O) groups is 1. The summed E-state index contributed by atoms with van der Waals surface area (Å²) in [5.41, 5.74) is 3.91. The van der Waals surface area contributed by atoms with Gasteiger partial charge in [-0.3, -0.25) is 9.79 Å². The van der Waals surface area contributed by atoms with Gasteiger partial charge < -0.3 is 10.1 Å². The number of pyridine rings is 1. The number of methoxy groups -OCH3 is 1. The number of benzene rings is 1. The summed E-state index contributed by atoms with van der Waals surface area (Å²) in [4.78, 5) is 35.9. The number of allylic oxidation sites excluding steroid dienone is 2. The van der Waals surface area contributed by atoms with E-state index in [2.05, 4.69) is 98.0 Å². The molecule has 0 saturated heterocycles. The van der Waals surface area contributed by atoms with Gasteiger partial charge in [-0.2, -0.15) is 4.98 Å². The molecule has 0 aliphatic rings. The van der Waals surface area contributed by atoms with Crippen molar-refractivity contribution in [3.05, 3.63) is 89.5 Å². The third-order valence-electron chi connectivity index (χ3n) is 6.53. The van der Waals surface area contributed by atoms with E-state index in [0.29, 0.717) is 29.6 Å². The van der Waals surface area contributed by atoms with Crippen LogP contribution in [-0.4, -0.2) is 46.6 Å². The molecule has 8 heteroatoms. The van der Waals surface area contributed by atoms with Crippen molar-refractivity contribution in [2.45, 2.75) is 93.9 Å². The molecular formula is C38H56N6O2. The minimum Gasteiger partial charge on any atom is -0.480 e. The number of aromatic nitrogens is 3. The number of amidine groups is 1. The molecule has 0 aliphatic heterocycles. The lowest BCUT2D eigenvalue weighted by Gasteiger charge is -2.19. The number of nitrogens with one attached hydrogen (secondary N) is 1. The molecule has 0 bridgehead atoms. The molecule has 3 aromatic rings. The van der Waals surface area contributed by atoms with Crippen LogP contribution in [0, 0.1) is 18.8 Å². The Morgan fingerprint density at radius 3 is 2.20 bits per heavy atom. The van der Waals surface area contributed by atoms with E-state index in [1.54, 1.807) is 25.6 Å². The molecule has 0 aliphatic carbocycles. The highest BCUT2D eigenvalue weighted by Crippen LogP contribution is 2.30. The number of aryl methyl sites for hydroxylation is 1. The molecule has 1 N–H and O–H groups in total. The molecule has 0 spiro atoms. The minimum atomic E-state index is -0.317. The number of aliphatic imine (C=N–C) groups is 2. The first-order valence-electron chi connectivity index (χ1n) is 16.5. The molecule has 0 fully saturated rings. The molecule has 1 aromatic carbocycles. The highest BCUT2D eigenvalue weighted by Gasteiger charge is 2.23. The Bertz CT molecular complexity index is 1340. The van der Waals surface area contributed by atoms with E-state index >= 15 is 0 Å². The van der Waals surface area contributed by atoms with E-state index in [4.69, 9.17) is 9.73 Å². The van der Waals surface area contributed by atoms with Gasteiger partial charge in [-0.05, 0) is 48.9 Å². The fourth-order valence-electron chi connectivity index (χ4n) is 4.40. The van der Waals surface area contributed by atoms with Gasteiger partial charge in [0.05, 0.1) is 18.7 Å². The number of hydrogen-bond acceptors (Lipinski definition) is 7. The topological polar surface area (TPSA) is 102 Å². The Balaban J connectivity index is 0.00000163.